The predicted octanol–water partition coefficient (Wildman–Crippen LogP) is 6.71. The summed E-state index contributed by atoms with van der Waals surface area (Å²) in [6.07, 6.45) is 17.3. The molecule has 238 valence electrons. The largest absolute Gasteiger partial charge is 0.756 e. The van der Waals surface area contributed by atoms with E-state index in [2.05, 4.69) is 13.8 Å². The SMILES string of the molecule is CCCCCCCCCCCC(=O)OCC(COP(=O)([O-])OCC[N+](C)(C)C)OC(=O)CCCCCCCCC. The quantitative estimate of drug-likeness (QED) is 0.0426. The van der Waals surface area contributed by atoms with Gasteiger partial charge in [-0.3, -0.25) is 14.2 Å². The predicted molar refractivity (Wildman–Crippen MR) is 158 cm³/mol. The molecule has 0 spiro atoms. The summed E-state index contributed by atoms with van der Waals surface area (Å²) in [7, 11) is 1.17. The smallest absolute Gasteiger partial charge is 0.306 e. The third-order valence-corrected chi connectivity index (χ3v) is 7.59. The number of phosphoric ester groups is 1. The topological polar surface area (TPSA) is 111 Å². The van der Waals surface area contributed by atoms with Crippen LogP contribution in [0.5, 0.6) is 0 Å². The van der Waals surface area contributed by atoms with Crippen LogP contribution in [0.2, 0.25) is 0 Å². The Hall–Kier alpha value is -0.990. The Balaban J connectivity index is 4.52. The number of quaternary nitrogens is 1. The molecule has 0 saturated carbocycles. The second kappa shape index (κ2) is 24.6. The molecule has 0 rings (SSSR count). The Morgan fingerprint density at radius 2 is 1.12 bits per heavy atom. The number of ether oxygens (including phenoxy) is 2. The Labute approximate surface area is 244 Å². The standard InChI is InChI=1S/C30H60NO8P/c1-6-8-10-12-14-15-17-18-20-22-29(32)36-26-28(27-38-40(34,35)37-25-24-31(3,4)5)39-30(33)23-21-19-16-13-11-9-7-2/h28H,6-27H2,1-5H3. The maximum atomic E-state index is 12.4. The molecule has 0 bridgehead atoms. The van der Waals surface area contributed by atoms with Crippen LogP contribution >= 0.6 is 7.82 Å². The van der Waals surface area contributed by atoms with Crippen molar-refractivity contribution in [3.05, 3.63) is 0 Å². The summed E-state index contributed by atoms with van der Waals surface area (Å²) in [5, 5.41) is 0. The van der Waals surface area contributed by atoms with E-state index in [1.807, 2.05) is 21.1 Å². The molecule has 0 radical (unpaired) electrons. The van der Waals surface area contributed by atoms with Crippen molar-refractivity contribution in [3.8, 4) is 0 Å². The van der Waals surface area contributed by atoms with Crippen LogP contribution in [0.25, 0.3) is 0 Å². The number of hydrogen-bond acceptors (Lipinski definition) is 8. The first-order valence-electron chi connectivity index (χ1n) is 15.7. The van der Waals surface area contributed by atoms with Crippen LogP contribution in [0.15, 0.2) is 0 Å². The lowest BCUT2D eigenvalue weighted by atomic mass is 10.1. The Bertz CT molecular complexity index is 683. The minimum absolute atomic E-state index is 0.0271. The van der Waals surface area contributed by atoms with Crippen LogP contribution in [0.3, 0.4) is 0 Å². The fourth-order valence-electron chi connectivity index (χ4n) is 4.06. The highest BCUT2D eigenvalue weighted by Gasteiger charge is 2.21. The number of rotatable bonds is 28. The zero-order chi connectivity index (χ0) is 30.1. The summed E-state index contributed by atoms with van der Waals surface area (Å²) in [5.74, 6) is -0.843. The molecule has 2 unspecified atom stereocenters. The van der Waals surface area contributed by atoms with Gasteiger partial charge in [0.15, 0.2) is 6.10 Å². The number of carbonyl (C=O) groups excluding carboxylic acids is 2. The van der Waals surface area contributed by atoms with Crippen molar-refractivity contribution in [1.29, 1.82) is 0 Å². The van der Waals surface area contributed by atoms with Gasteiger partial charge in [0.2, 0.25) is 0 Å². The molecule has 0 aromatic heterocycles. The molecule has 0 aliphatic rings. The average Bonchev–Trinajstić information content (AvgIpc) is 2.88. The normalized spacial score (nSPS) is 14.1. The van der Waals surface area contributed by atoms with Gasteiger partial charge in [-0.15, -0.1) is 0 Å². The van der Waals surface area contributed by atoms with Crippen molar-refractivity contribution >= 4 is 19.8 Å². The molecule has 0 aliphatic heterocycles. The summed E-state index contributed by atoms with van der Waals surface area (Å²) >= 11 is 0. The summed E-state index contributed by atoms with van der Waals surface area (Å²) in [6, 6.07) is 0. The molecule has 0 fully saturated rings. The lowest BCUT2D eigenvalue weighted by molar-refractivity contribution is -0.870. The summed E-state index contributed by atoms with van der Waals surface area (Å²) in [5.41, 5.74) is 0. The van der Waals surface area contributed by atoms with Crippen LogP contribution in [0, 0.1) is 0 Å². The monoisotopic (exact) mass is 593 g/mol. The Morgan fingerprint density at radius 1 is 0.675 bits per heavy atom. The molecule has 0 saturated heterocycles. The Kier molecular flexibility index (Phi) is 24.0. The lowest BCUT2D eigenvalue weighted by Crippen LogP contribution is -2.37. The van der Waals surface area contributed by atoms with Gasteiger partial charge in [-0.1, -0.05) is 104 Å². The number of likely N-dealkylation sites (N-methyl/N-ethyl adjacent to an activating group) is 1. The fraction of sp³-hybridized carbons (Fsp3) is 0.933. The van der Waals surface area contributed by atoms with Gasteiger partial charge in [-0.25, -0.2) is 0 Å². The van der Waals surface area contributed by atoms with Crippen molar-refractivity contribution in [3.63, 3.8) is 0 Å². The molecule has 0 amide bonds. The number of carbonyl (C=O) groups is 2. The van der Waals surface area contributed by atoms with Gasteiger partial charge in [0, 0.05) is 12.8 Å². The third kappa shape index (κ3) is 27.2. The van der Waals surface area contributed by atoms with Crippen LogP contribution in [0.1, 0.15) is 129 Å². The van der Waals surface area contributed by atoms with Gasteiger partial charge in [0.25, 0.3) is 7.82 Å². The molecule has 2 atom stereocenters. The van der Waals surface area contributed by atoms with E-state index in [0.29, 0.717) is 17.4 Å². The molecule has 0 heterocycles. The molecule has 9 nitrogen and oxygen atoms in total. The van der Waals surface area contributed by atoms with Crippen LogP contribution in [-0.2, 0) is 32.7 Å². The number of phosphoric acid groups is 1. The number of unbranched alkanes of at least 4 members (excludes halogenated alkanes) is 14. The second-order valence-electron chi connectivity index (χ2n) is 11.8. The van der Waals surface area contributed by atoms with E-state index in [1.54, 1.807) is 0 Å². The van der Waals surface area contributed by atoms with Crippen LogP contribution in [-0.4, -0.2) is 70.0 Å². The van der Waals surface area contributed by atoms with E-state index in [-0.39, 0.29) is 32.0 Å². The molecular weight excluding hydrogens is 533 g/mol. The zero-order valence-corrected chi connectivity index (χ0v) is 27.2. The van der Waals surface area contributed by atoms with Crippen molar-refractivity contribution in [2.24, 2.45) is 0 Å². The highest BCUT2D eigenvalue weighted by Crippen LogP contribution is 2.38. The van der Waals surface area contributed by atoms with Gasteiger partial charge in [-0.2, -0.15) is 0 Å². The maximum Gasteiger partial charge on any atom is 0.306 e. The summed E-state index contributed by atoms with van der Waals surface area (Å²) in [4.78, 5) is 36.8. The molecule has 0 aromatic carbocycles. The minimum Gasteiger partial charge on any atom is -0.756 e. The van der Waals surface area contributed by atoms with E-state index in [9.17, 15) is 19.0 Å². The van der Waals surface area contributed by atoms with E-state index in [4.69, 9.17) is 18.5 Å². The van der Waals surface area contributed by atoms with Crippen LogP contribution in [0.4, 0.5) is 0 Å². The molecular formula is C30H60NO8P. The van der Waals surface area contributed by atoms with Gasteiger partial charge in [-0.05, 0) is 12.8 Å². The van der Waals surface area contributed by atoms with Crippen molar-refractivity contribution in [2.75, 3.05) is 47.5 Å². The molecule has 0 aliphatic carbocycles. The highest BCUT2D eigenvalue weighted by molar-refractivity contribution is 7.45. The van der Waals surface area contributed by atoms with E-state index < -0.39 is 26.5 Å². The van der Waals surface area contributed by atoms with Crippen LogP contribution < -0.4 is 4.89 Å². The summed E-state index contributed by atoms with van der Waals surface area (Å²) in [6.45, 7) is 4.12. The number of hydrogen-bond donors (Lipinski definition) is 0. The minimum atomic E-state index is -4.59. The molecule has 10 heteroatoms. The van der Waals surface area contributed by atoms with Crippen molar-refractivity contribution in [2.45, 2.75) is 136 Å². The number of esters is 2. The van der Waals surface area contributed by atoms with Gasteiger partial charge in [0.1, 0.15) is 19.8 Å². The van der Waals surface area contributed by atoms with Gasteiger partial charge >= 0.3 is 11.9 Å². The first-order valence-corrected chi connectivity index (χ1v) is 17.2. The zero-order valence-electron chi connectivity index (χ0n) is 26.3. The Morgan fingerprint density at radius 3 is 1.60 bits per heavy atom. The highest BCUT2D eigenvalue weighted by atomic mass is 31.2. The first kappa shape index (κ1) is 39.0. The third-order valence-electron chi connectivity index (χ3n) is 6.63. The fourth-order valence-corrected chi connectivity index (χ4v) is 4.79. The molecule has 0 N–H and O–H groups in total. The second-order valence-corrected chi connectivity index (χ2v) is 13.2. The van der Waals surface area contributed by atoms with Gasteiger partial charge < -0.3 is 27.9 Å². The molecule has 40 heavy (non-hydrogen) atoms. The van der Waals surface area contributed by atoms with Crippen molar-refractivity contribution in [1.82, 2.24) is 0 Å². The first-order chi connectivity index (χ1) is 19.0. The summed E-state index contributed by atoms with van der Waals surface area (Å²) < 4.78 is 33.4. The molecule has 0 aromatic rings. The lowest BCUT2D eigenvalue weighted by Gasteiger charge is -2.28. The van der Waals surface area contributed by atoms with E-state index >= 15 is 0 Å². The average molecular weight is 594 g/mol. The number of nitrogens with zero attached hydrogens (tertiary/aromatic N) is 1. The van der Waals surface area contributed by atoms with E-state index in [0.717, 1.165) is 38.5 Å². The van der Waals surface area contributed by atoms with Gasteiger partial charge in [0.05, 0.1) is 27.7 Å². The van der Waals surface area contributed by atoms with Crippen molar-refractivity contribution < 1.29 is 42.1 Å². The van der Waals surface area contributed by atoms with E-state index in [1.165, 1.54) is 57.8 Å². The maximum absolute atomic E-state index is 12.4.